The second kappa shape index (κ2) is 6.39. The molecule has 1 fully saturated rings. The van der Waals surface area contributed by atoms with Gasteiger partial charge in [0.05, 0.1) is 17.7 Å². The van der Waals surface area contributed by atoms with Crippen molar-refractivity contribution >= 4 is 18.5 Å². The van der Waals surface area contributed by atoms with Gasteiger partial charge in [0.25, 0.3) is 5.91 Å². The highest BCUT2D eigenvalue weighted by Crippen LogP contribution is 2.36. The van der Waals surface area contributed by atoms with Gasteiger partial charge in [-0.05, 0) is 56.9 Å². The van der Waals surface area contributed by atoms with Gasteiger partial charge in [0.2, 0.25) is 0 Å². The largest absolute Gasteiger partial charge is 0.495 e. The number of benzene rings is 2. The highest BCUT2D eigenvalue weighted by atomic mass is 19.1. The molecule has 0 bridgehead atoms. The Morgan fingerprint density at radius 1 is 1.04 bits per heavy atom. The average Bonchev–Trinajstić information content (AvgIpc) is 3.04. The maximum atomic E-state index is 14.8. The molecule has 0 aliphatic carbocycles. The Balaban J connectivity index is 1.57. The normalized spacial score (nSPS) is 20.0. The van der Waals surface area contributed by atoms with Gasteiger partial charge in [-0.15, -0.1) is 0 Å². The molecule has 146 valence electrons. The Morgan fingerprint density at radius 3 is 2.18 bits per heavy atom. The number of fused-ring (bicyclic) bond motifs is 1. The van der Waals surface area contributed by atoms with Crippen LogP contribution in [0.4, 0.5) is 8.78 Å². The third-order valence-electron chi connectivity index (χ3n) is 5.93. The van der Waals surface area contributed by atoms with Crippen molar-refractivity contribution in [3.8, 4) is 0 Å². The minimum absolute atomic E-state index is 0.130. The minimum Gasteiger partial charge on any atom is -0.399 e. The summed E-state index contributed by atoms with van der Waals surface area (Å²) in [4.78, 5) is 13.9. The maximum absolute atomic E-state index is 14.8. The van der Waals surface area contributed by atoms with E-state index < -0.39 is 30.0 Å². The lowest BCUT2D eigenvalue weighted by molar-refractivity contribution is 0.00578. The van der Waals surface area contributed by atoms with Crippen molar-refractivity contribution < 1.29 is 22.9 Å². The smallest absolute Gasteiger partial charge is 0.399 e. The van der Waals surface area contributed by atoms with Crippen molar-refractivity contribution in [2.24, 2.45) is 0 Å². The topological polar surface area (TPSA) is 38.8 Å². The molecule has 7 heteroatoms. The van der Waals surface area contributed by atoms with E-state index in [0.717, 1.165) is 5.56 Å². The molecule has 2 aromatic carbocycles. The van der Waals surface area contributed by atoms with Crippen molar-refractivity contribution in [1.82, 2.24) is 4.90 Å². The van der Waals surface area contributed by atoms with E-state index in [1.54, 1.807) is 12.1 Å². The fourth-order valence-corrected chi connectivity index (χ4v) is 3.52. The summed E-state index contributed by atoms with van der Waals surface area (Å²) in [7, 11) is -0.847. The van der Waals surface area contributed by atoms with Crippen LogP contribution < -0.4 is 5.46 Å². The summed E-state index contributed by atoms with van der Waals surface area (Å²) in [6, 6.07) is 9.66. The standard InChI is InChI=1S/C21H22BF2NO3/c1-20(2)21(3,4)28-22(27-20)14-9-17(23)16(18(24)10-14)12-25-11-13-7-5-6-8-15(13)19(25)26/h5-10H,11-12H2,1-4H3. The van der Waals surface area contributed by atoms with E-state index in [0.29, 0.717) is 12.1 Å². The SMILES string of the molecule is CC1(C)OB(c2cc(F)c(CN3Cc4ccccc4C3=O)c(F)c2)OC1(C)C. The van der Waals surface area contributed by atoms with Gasteiger partial charge >= 0.3 is 7.12 Å². The molecule has 0 aromatic heterocycles. The zero-order valence-electron chi connectivity index (χ0n) is 16.4. The quantitative estimate of drug-likeness (QED) is 0.761. The van der Waals surface area contributed by atoms with E-state index in [2.05, 4.69) is 0 Å². The van der Waals surface area contributed by atoms with E-state index >= 15 is 0 Å². The van der Waals surface area contributed by atoms with E-state index in [1.165, 1.54) is 17.0 Å². The molecule has 2 heterocycles. The van der Waals surface area contributed by atoms with Crippen LogP contribution in [0.5, 0.6) is 0 Å². The van der Waals surface area contributed by atoms with Gasteiger partial charge in [0, 0.05) is 17.7 Å². The third kappa shape index (κ3) is 3.03. The second-order valence-electron chi connectivity index (χ2n) is 8.37. The number of hydrogen-bond donors (Lipinski definition) is 0. The number of hydrogen-bond acceptors (Lipinski definition) is 3. The Bertz CT molecular complexity index is 921. The molecule has 0 radical (unpaired) electrons. The van der Waals surface area contributed by atoms with Crippen molar-refractivity contribution in [2.75, 3.05) is 0 Å². The first-order valence-corrected chi connectivity index (χ1v) is 9.30. The van der Waals surface area contributed by atoms with Gasteiger partial charge in [-0.1, -0.05) is 18.2 Å². The van der Waals surface area contributed by atoms with Crippen molar-refractivity contribution in [3.05, 3.63) is 64.7 Å². The monoisotopic (exact) mass is 385 g/mol. The van der Waals surface area contributed by atoms with E-state index in [1.807, 2.05) is 39.8 Å². The molecule has 4 nitrogen and oxygen atoms in total. The van der Waals surface area contributed by atoms with Crippen molar-refractivity contribution in [3.63, 3.8) is 0 Å². The van der Waals surface area contributed by atoms with Gasteiger partial charge < -0.3 is 14.2 Å². The molecular weight excluding hydrogens is 363 g/mol. The summed E-state index contributed by atoms with van der Waals surface area (Å²) in [5.74, 6) is -1.65. The van der Waals surface area contributed by atoms with Crippen molar-refractivity contribution in [2.45, 2.75) is 52.0 Å². The number of rotatable bonds is 3. The lowest BCUT2D eigenvalue weighted by Gasteiger charge is -2.32. The molecule has 0 N–H and O–H groups in total. The van der Waals surface area contributed by atoms with Crippen LogP contribution in [0.1, 0.15) is 49.2 Å². The molecule has 4 rings (SSSR count). The van der Waals surface area contributed by atoms with Crippen LogP contribution in [0.25, 0.3) is 0 Å². The summed E-state index contributed by atoms with van der Waals surface area (Å²) in [5, 5.41) is 0. The van der Waals surface area contributed by atoms with Crippen LogP contribution in [-0.4, -0.2) is 29.1 Å². The molecule has 0 atom stereocenters. The number of nitrogens with zero attached hydrogens (tertiary/aromatic N) is 1. The van der Waals surface area contributed by atoms with Crippen LogP contribution >= 0.6 is 0 Å². The zero-order valence-corrected chi connectivity index (χ0v) is 16.4. The number of carbonyl (C=O) groups is 1. The number of halogens is 2. The molecule has 1 amide bonds. The lowest BCUT2D eigenvalue weighted by atomic mass is 9.78. The van der Waals surface area contributed by atoms with Gasteiger partial charge in [-0.3, -0.25) is 4.79 Å². The van der Waals surface area contributed by atoms with Crippen LogP contribution in [0.15, 0.2) is 36.4 Å². The maximum Gasteiger partial charge on any atom is 0.495 e. The summed E-state index contributed by atoms with van der Waals surface area (Å²) in [6.07, 6.45) is 0. The average molecular weight is 385 g/mol. The zero-order chi connectivity index (χ0) is 20.3. The Hall–Kier alpha value is -2.25. The molecule has 28 heavy (non-hydrogen) atoms. The molecule has 1 saturated heterocycles. The fourth-order valence-electron chi connectivity index (χ4n) is 3.52. The first-order chi connectivity index (χ1) is 13.1. The van der Waals surface area contributed by atoms with E-state index in [-0.39, 0.29) is 23.5 Å². The van der Waals surface area contributed by atoms with Gasteiger partial charge in [-0.2, -0.15) is 0 Å². The van der Waals surface area contributed by atoms with Crippen LogP contribution in [0.2, 0.25) is 0 Å². The lowest BCUT2D eigenvalue weighted by Crippen LogP contribution is -2.41. The molecule has 0 saturated carbocycles. The summed E-state index contributed by atoms with van der Waals surface area (Å²) in [6.45, 7) is 7.73. The molecule has 2 aliphatic rings. The number of amides is 1. The fraction of sp³-hybridized carbons (Fsp3) is 0.381. The van der Waals surface area contributed by atoms with Crippen LogP contribution in [0, 0.1) is 11.6 Å². The molecule has 0 spiro atoms. The first kappa shape index (κ1) is 19.1. The molecular formula is C21H22BF2NO3. The summed E-state index contributed by atoms with van der Waals surface area (Å²) in [5.41, 5.74) is 0.391. The predicted molar refractivity (Wildman–Crippen MR) is 102 cm³/mol. The number of carbonyl (C=O) groups excluding carboxylic acids is 1. The first-order valence-electron chi connectivity index (χ1n) is 9.30. The Labute approximate surface area is 163 Å². The Kier molecular flexibility index (Phi) is 4.36. The van der Waals surface area contributed by atoms with E-state index in [4.69, 9.17) is 9.31 Å². The molecule has 2 aromatic rings. The summed E-state index contributed by atoms with van der Waals surface area (Å²) < 4.78 is 41.3. The molecule has 2 aliphatic heterocycles. The predicted octanol–water partition coefficient (Wildman–Crippen LogP) is 3.42. The van der Waals surface area contributed by atoms with Gasteiger partial charge in [0.1, 0.15) is 11.6 Å². The minimum atomic E-state index is -0.847. The van der Waals surface area contributed by atoms with E-state index in [9.17, 15) is 13.6 Å². The Morgan fingerprint density at radius 2 is 1.61 bits per heavy atom. The summed E-state index contributed by atoms with van der Waals surface area (Å²) >= 11 is 0. The second-order valence-corrected chi connectivity index (χ2v) is 8.37. The third-order valence-corrected chi connectivity index (χ3v) is 5.93. The molecule has 0 unspecified atom stereocenters. The van der Waals surface area contributed by atoms with Crippen LogP contribution in [0.3, 0.4) is 0 Å². The van der Waals surface area contributed by atoms with Gasteiger partial charge in [-0.25, -0.2) is 8.78 Å². The van der Waals surface area contributed by atoms with Gasteiger partial charge in [0.15, 0.2) is 0 Å². The highest BCUT2D eigenvalue weighted by molar-refractivity contribution is 6.62. The highest BCUT2D eigenvalue weighted by Gasteiger charge is 2.52. The van der Waals surface area contributed by atoms with Crippen molar-refractivity contribution in [1.29, 1.82) is 0 Å². The van der Waals surface area contributed by atoms with Crippen LogP contribution in [-0.2, 0) is 22.4 Å².